The van der Waals surface area contributed by atoms with Crippen molar-refractivity contribution < 1.29 is 114 Å². The largest absolute Gasteiger partial charge is 0.394 e. The van der Waals surface area contributed by atoms with E-state index >= 15 is 0 Å². The van der Waals surface area contributed by atoms with Crippen LogP contribution in [0.4, 0.5) is 0 Å². The minimum Gasteiger partial charge on any atom is -0.394 e. The number of aliphatic hydroxyl groups is 14. The quantitative estimate of drug-likeness (QED) is 0.0820. The van der Waals surface area contributed by atoms with Gasteiger partial charge >= 0.3 is 0 Å². The van der Waals surface area contributed by atoms with Gasteiger partial charge in [0.1, 0.15) is 97.7 Å². The van der Waals surface area contributed by atoms with Crippen LogP contribution in [0.1, 0.15) is 20.8 Å². The Morgan fingerprint density at radius 1 is 0.357 bits per heavy atom. The van der Waals surface area contributed by atoms with Crippen LogP contribution in [0.15, 0.2) is 0 Å². The van der Waals surface area contributed by atoms with Crippen molar-refractivity contribution in [1.29, 1.82) is 0 Å². The molecule has 0 aromatic rings. The molecule has 0 bridgehead atoms. The zero-order valence-corrected chi connectivity index (χ0v) is 30.9. The van der Waals surface area contributed by atoms with Gasteiger partial charge in [-0.2, -0.15) is 0 Å². The second kappa shape index (κ2) is 19.6. The molecule has 25 atom stereocenters. The predicted octanol–water partition coefficient (Wildman–Crippen LogP) is -8.30. The van der Waals surface area contributed by atoms with Gasteiger partial charge in [-0.05, 0) is 6.92 Å². The maximum absolute atomic E-state index is 11.5. The second-order valence-electron chi connectivity index (χ2n) is 15.0. The van der Waals surface area contributed by atoms with E-state index in [9.17, 15) is 71.5 Å². The summed E-state index contributed by atoms with van der Waals surface area (Å²) in [4.78, 5) is 0. The van der Waals surface area contributed by atoms with Gasteiger partial charge < -0.3 is 114 Å². The predicted molar refractivity (Wildman–Crippen MR) is 176 cm³/mol. The zero-order valence-electron chi connectivity index (χ0n) is 30.9. The summed E-state index contributed by atoms with van der Waals surface area (Å²) in [7, 11) is 0. The van der Waals surface area contributed by atoms with E-state index in [0.29, 0.717) is 0 Å². The van der Waals surface area contributed by atoms with Crippen LogP contribution in [0.5, 0.6) is 0 Å². The Hall–Kier alpha value is -0.920. The molecule has 56 heavy (non-hydrogen) atoms. The standard InChI is InChI=1S/C33H58O23/c1-9-11(3)49-14(6-36)27(17(9)38)54-30-10(2)18(39)28(15(7-37)52-30)55-33-26(47)29(56-32-25(46)23(44)20(41)13(5-35)51-32)21(42)16(53-33)8-48-31-24(45)22(43)19(40)12(4-34)50-31/h9-47H,4-8H2,1-3H3. The first-order valence-corrected chi connectivity index (χ1v) is 18.6. The van der Waals surface area contributed by atoms with E-state index in [1.54, 1.807) is 13.8 Å². The molecule has 0 spiro atoms. The Kier molecular flexibility index (Phi) is 16.2. The molecule has 0 amide bonds. The Morgan fingerprint density at radius 3 is 1.32 bits per heavy atom. The van der Waals surface area contributed by atoms with Crippen molar-refractivity contribution in [3.8, 4) is 0 Å². The smallest absolute Gasteiger partial charge is 0.187 e. The zero-order chi connectivity index (χ0) is 41.3. The Morgan fingerprint density at radius 2 is 0.768 bits per heavy atom. The third kappa shape index (κ3) is 9.35. The SMILES string of the molecule is CC1OC(CO)C(OC2OC(CO)C(OC3OC(COC4OC(CO)C(O)C(O)C4O)C(O)C(OC4OC(CO)C(O)C(O)C4O)C3O)C(O)C2C)C(O)C1C. The van der Waals surface area contributed by atoms with Crippen LogP contribution in [-0.2, 0) is 42.6 Å². The molecule has 0 aromatic carbocycles. The topological polar surface area (TPSA) is 366 Å². The lowest BCUT2D eigenvalue weighted by atomic mass is 9.88. The molecule has 0 aromatic heterocycles. The summed E-state index contributed by atoms with van der Waals surface area (Å²) in [6.07, 6.45) is -36.1. The molecule has 5 aliphatic heterocycles. The third-order valence-electron chi connectivity index (χ3n) is 11.3. The van der Waals surface area contributed by atoms with E-state index in [2.05, 4.69) is 0 Å². The van der Waals surface area contributed by atoms with Crippen LogP contribution in [-0.4, -0.2) is 246 Å². The molecular formula is C33H58O23. The highest BCUT2D eigenvalue weighted by Gasteiger charge is 2.55. The molecule has 0 saturated carbocycles. The van der Waals surface area contributed by atoms with Crippen molar-refractivity contribution in [3.63, 3.8) is 0 Å². The number of aliphatic hydroxyl groups excluding tert-OH is 14. The molecule has 23 nitrogen and oxygen atoms in total. The molecule has 25 unspecified atom stereocenters. The van der Waals surface area contributed by atoms with Gasteiger partial charge in [-0.3, -0.25) is 0 Å². The molecule has 5 fully saturated rings. The molecule has 5 heterocycles. The van der Waals surface area contributed by atoms with E-state index in [-0.39, 0.29) is 0 Å². The first-order valence-electron chi connectivity index (χ1n) is 18.6. The van der Waals surface area contributed by atoms with Crippen molar-refractivity contribution in [2.24, 2.45) is 11.8 Å². The average Bonchev–Trinajstić information content (AvgIpc) is 3.19. The lowest BCUT2D eigenvalue weighted by molar-refractivity contribution is -0.385. The first-order chi connectivity index (χ1) is 26.5. The highest BCUT2D eigenvalue weighted by molar-refractivity contribution is 4.98. The summed E-state index contributed by atoms with van der Waals surface area (Å²) < 4.78 is 51.7. The summed E-state index contributed by atoms with van der Waals surface area (Å²) in [5.74, 6) is -1.38. The van der Waals surface area contributed by atoms with Crippen molar-refractivity contribution in [2.45, 2.75) is 162 Å². The summed E-state index contributed by atoms with van der Waals surface area (Å²) in [6.45, 7) is 1.31. The van der Waals surface area contributed by atoms with E-state index in [4.69, 9.17) is 42.6 Å². The summed E-state index contributed by atoms with van der Waals surface area (Å²) >= 11 is 0. The molecule has 0 radical (unpaired) electrons. The fourth-order valence-corrected chi connectivity index (χ4v) is 7.47. The highest BCUT2D eigenvalue weighted by atomic mass is 16.8. The summed E-state index contributed by atoms with van der Waals surface area (Å²) in [6, 6.07) is 0. The maximum Gasteiger partial charge on any atom is 0.187 e. The maximum atomic E-state index is 11.5. The van der Waals surface area contributed by atoms with Crippen LogP contribution >= 0.6 is 0 Å². The van der Waals surface area contributed by atoms with Crippen molar-refractivity contribution in [3.05, 3.63) is 0 Å². The van der Waals surface area contributed by atoms with E-state index in [0.717, 1.165) is 0 Å². The van der Waals surface area contributed by atoms with Gasteiger partial charge in [0.2, 0.25) is 0 Å². The number of hydrogen-bond acceptors (Lipinski definition) is 23. The second-order valence-corrected chi connectivity index (χ2v) is 15.0. The number of hydrogen-bond donors (Lipinski definition) is 14. The lowest BCUT2D eigenvalue weighted by Gasteiger charge is -2.50. The fourth-order valence-electron chi connectivity index (χ4n) is 7.47. The monoisotopic (exact) mass is 822 g/mol. The molecule has 5 saturated heterocycles. The van der Waals surface area contributed by atoms with Gasteiger partial charge in [0.05, 0.1) is 51.3 Å². The Balaban J connectivity index is 1.36. The van der Waals surface area contributed by atoms with Crippen LogP contribution in [0.2, 0.25) is 0 Å². The minimum atomic E-state index is -2.03. The van der Waals surface area contributed by atoms with Gasteiger partial charge in [0.25, 0.3) is 0 Å². The van der Waals surface area contributed by atoms with Crippen LogP contribution in [0, 0.1) is 11.8 Å². The van der Waals surface area contributed by atoms with Gasteiger partial charge in [-0.1, -0.05) is 13.8 Å². The van der Waals surface area contributed by atoms with Crippen LogP contribution in [0.25, 0.3) is 0 Å². The van der Waals surface area contributed by atoms with Gasteiger partial charge in [0, 0.05) is 11.8 Å². The Bertz CT molecular complexity index is 1200. The molecule has 0 aliphatic carbocycles. The van der Waals surface area contributed by atoms with Crippen molar-refractivity contribution in [1.82, 2.24) is 0 Å². The number of rotatable bonds is 13. The normalized spacial score (nSPS) is 53.2. The molecule has 5 rings (SSSR count). The van der Waals surface area contributed by atoms with E-state index in [1.165, 1.54) is 6.92 Å². The molecule has 5 aliphatic rings. The number of ether oxygens (including phenoxy) is 9. The summed E-state index contributed by atoms with van der Waals surface area (Å²) in [5.41, 5.74) is 0. The summed E-state index contributed by atoms with van der Waals surface area (Å²) in [5, 5.41) is 147. The van der Waals surface area contributed by atoms with E-state index < -0.39 is 186 Å². The fraction of sp³-hybridized carbons (Fsp3) is 1.00. The van der Waals surface area contributed by atoms with Crippen molar-refractivity contribution in [2.75, 3.05) is 33.0 Å². The third-order valence-corrected chi connectivity index (χ3v) is 11.3. The first kappa shape index (κ1) is 46.2. The minimum absolute atomic E-state index is 0.410. The van der Waals surface area contributed by atoms with Crippen LogP contribution < -0.4 is 0 Å². The molecule has 328 valence electrons. The van der Waals surface area contributed by atoms with E-state index in [1.807, 2.05) is 0 Å². The molecule has 23 heteroatoms. The lowest BCUT2D eigenvalue weighted by Crippen LogP contribution is -2.67. The van der Waals surface area contributed by atoms with Gasteiger partial charge in [-0.25, -0.2) is 0 Å². The van der Waals surface area contributed by atoms with Crippen LogP contribution in [0.3, 0.4) is 0 Å². The average molecular weight is 823 g/mol. The van der Waals surface area contributed by atoms with Gasteiger partial charge in [0.15, 0.2) is 25.2 Å². The highest BCUT2D eigenvalue weighted by Crippen LogP contribution is 2.37. The molecule has 14 N–H and O–H groups in total. The van der Waals surface area contributed by atoms with Crippen molar-refractivity contribution >= 4 is 0 Å². The van der Waals surface area contributed by atoms with Gasteiger partial charge in [-0.15, -0.1) is 0 Å². The Labute approximate surface area is 321 Å². The molecular weight excluding hydrogens is 764 g/mol.